The standard InChI is InChI=1S/C27H23N3O2/c1-20(24-10-7-17-28-18-24)29-30-27(31)23-15-13-21(14-16-23)19-32-26-12-6-5-11-25(26)22-8-3-2-4-9-22/h2-18H,19H2,1H3,(H,30,31). The number of rotatable bonds is 7. The number of carbonyl (C=O) groups excluding carboxylic acids is 1. The highest BCUT2D eigenvalue weighted by molar-refractivity contribution is 6.00. The van der Waals surface area contributed by atoms with Crippen LogP contribution in [0, 0.1) is 0 Å². The van der Waals surface area contributed by atoms with E-state index in [2.05, 4.69) is 27.6 Å². The van der Waals surface area contributed by atoms with Crippen LogP contribution < -0.4 is 10.2 Å². The van der Waals surface area contributed by atoms with E-state index in [-0.39, 0.29) is 5.91 Å². The summed E-state index contributed by atoms with van der Waals surface area (Å²) < 4.78 is 6.08. The molecule has 5 heteroatoms. The van der Waals surface area contributed by atoms with Crippen molar-refractivity contribution in [2.24, 2.45) is 5.10 Å². The van der Waals surface area contributed by atoms with Crippen molar-refractivity contribution in [2.45, 2.75) is 13.5 Å². The fourth-order valence-electron chi connectivity index (χ4n) is 3.20. The fourth-order valence-corrected chi connectivity index (χ4v) is 3.20. The van der Waals surface area contributed by atoms with Crippen molar-refractivity contribution in [1.29, 1.82) is 0 Å². The fraction of sp³-hybridized carbons (Fsp3) is 0.0741. The maximum absolute atomic E-state index is 12.4. The Kier molecular flexibility index (Phi) is 6.68. The van der Waals surface area contributed by atoms with Crippen LogP contribution in [0.25, 0.3) is 11.1 Å². The Bertz CT molecular complexity index is 1200. The molecule has 0 fully saturated rings. The predicted molar refractivity (Wildman–Crippen MR) is 127 cm³/mol. The molecule has 0 radical (unpaired) electrons. The number of carbonyl (C=O) groups is 1. The van der Waals surface area contributed by atoms with E-state index in [0.29, 0.717) is 17.9 Å². The van der Waals surface area contributed by atoms with Crippen LogP contribution in [0.2, 0.25) is 0 Å². The lowest BCUT2D eigenvalue weighted by atomic mass is 10.0. The summed E-state index contributed by atoms with van der Waals surface area (Å²) in [6.45, 7) is 2.23. The quantitative estimate of drug-likeness (QED) is 0.317. The average Bonchev–Trinajstić information content (AvgIpc) is 2.87. The van der Waals surface area contributed by atoms with Gasteiger partial charge in [-0.3, -0.25) is 9.78 Å². The summed E-state index contributed by atoms with van der Waals surface area (Å²) >= 11 is 0. The zero-order valence-corrected chi connectivity index (χ0v) is 17.7. The van der Waals surface area contributed by atoms with E-state index >= 15 is 0 Å². The largest absolute Gasteiger partial charge is 0.488 e. The molecule has 0 bridgehead atoms. The minimum absolute atomic E-state index is 0.268. The number of ether oxygens (including phenoxy) is 1. The van der Waals surface area contributed by atoms with Crippen LogP contribution in [0.15, 0.2) is 108 Å². The number of aromatic nitrogens is 1. The zero-order valence-electron chi connectivity index (χ0n) is 17.7. The first-order chi connectivity index (χ1) is 15.7. The number of pyridine rings is 1. The molecule has 0 spiro atoms. The van der Waals surface area contributed by atoms with Crippen molar-refractivity contribution in [3.8, 4) is 16.9 Å². The SMILES string of the molecule is CC(=NNC(=O)c1ccc(COc2ccccc2-c2ccccc2)cc1)c1cccnc1. The normalized spacial score (nSPS) is 11.1. The summed E-state index contributed by atoms with van der Waals surface area (Å²) in [6.07, 6.45) is 3.40. The van der Waals surface area contributed by atoms with Crippen LogP contribution in [-0.2, 0) is 6.61 Å². The third-order valence-corrected chi connectivity index (χ3v) is 4.99. The van der Waals surface area contributed by atoms with E-state index in [1.165, 1.54) is 0 Å². The third-order valence-electron chi connectivity index (χ3n) is 4.99. The molecule has 1 heterocycles. The van der Waals surface area contributed by atoms with Crippen molar-refractivity contribution < 1.29 is 9.53 Å². The molecule has 32 heavy (non-hydrogen) atoms. The maximum atomic E-state index is 12.4. The highest BCUT2D eigenvalue weighted by atomic mass is 16.5. The van der Waals surface area contributed by atoms with E-state index in [1.54, 1.807) is 24.5 Å². The molecule has 0 atom stereocenters. The molecule has 3 aromatic carbocycles. The second kappa shape index (κ2) is 10.2. The summed E-state index contributed by atoms with van der Waals surface area (Å²) in [7, 11) is 0. The molecule has 0 saturated heterocycles. The number of hydrazone groups is 1. The van der Waals surface area contributed by atoms with Gasteiger partial charge in [0.25, 0.3) is 5.91 Å². The lowest BCUT2D eigenvalue weighted by molar-refractivity contribution is 0.0955. The number of hydrogen-bond donors (Lipinski definition) is 1. The number of hydrogen-bond acceptors (Lipinski definition) is 4. The lowest BCUT2D eigenvalue weighted by Gasteiger charge is -2.12. The number of nitrogens with zero attached hydrogens (tertiary/aromatic N) is 2. The first-order valence-electron chi connectivity index (χ1n) is 10.3. The summed E-state index contributed by atoms with van der Waals surface area (Å²) in [5.41, 5.74) is 7.79. The van der Waals surface area contributed by atoms with E-state index in [1.807, 2.05) is 73.7 Å². The number of amides is 1. The van der Waals surface area contributed by atoms with Crippen LogP contribution >= 0.6 is 0 Å². The van der Waals surface area contributed by atoms with Crippen LogP contribution in [0.5, 0.6) is 5.75 Å². The van der Waals surface area contributed by atoms with Gasteiger partial charge in [-0.25, -0.2) is 5.43 Å². The smallest absolute Gasteiger partial charge is 0.271 e. The Morgan fingerprint density at radius 1 is 0.875 bits per heavy atom. The third kappa shape index (κ3) is 5.26. The Hall–Kier alpha value is -4.25. The Morgan fingerprint density at radius 3 is 2.38 bits per heavy atom. The van der Waals surface area contributed by atoms with Crippen LogP contribution in [0.4, 0.5) is 0 Å². The highest BCUT2D eigenvalue weighted by Gasteiger charge is 2.08. The summed E-state index contributed by atoms with van der Waals surface area (Å²) in [6, 6.07) is 29.2. The van der Waals surface area contributed by atoms with Gasteiger partial charge in [-0.15, -0.1) is 0 Å². The molecule has 0 saturated carbocycles. The second-order valence-corrected chi connectivity index (χ2v) is 7.23. The summed E-state index contributed by atoms with van der Waals surface area (Å²) in [5.74, 6) is 0.552. The average molecular weight is 422 g/mol. The van der Waals surface area contributed by atoms with Gasteiger partial charge in [-0.05, 0) is 42.3 Å². The minimum Gasteiger partial charge on any atom is -0.488 e. The van der Waals surface area contributed by atoms with Gasteiger partial charge in [-0.2, -0.15) is 5.10 Å². The number of nitrogens with one attached hydrogen (secondary N) is 1. The maximum Gasteiger partial charge on any atom is 0.271 e. The van der Waals surface area contributed by atoms with Gasteiger partial charge in [0.05, 0.1) is 5.71 Å². The van der Waals surface area contributed by atoms with Gasteiger partial charge >= 0.3 is 0 Å². The van der Waals surface area contributed by atoms with Crippen molar-refractivity contribution >= 4 is 11.6 Å². The minimum atomic E-state index is -0.268. The van der Waals surface area contributed by atoms with Crippen LogP contribution in [0.3, 0.4) is 0 Å². The van der Waals surface area contributed by atoms with Crippen molar-refractivity contribution in [3.63, 3.8) is 0 Å². The van der Waals surface area contributed by atoms with Gasteiger partial charge in [0.15, 0.2) is 0 Å². The first kappa shape index (κ1) is 21.0. The van der Waals surface area contributed by atoms with Crippen molar-refractivity contribution in [1.82, 2.24) is 10.4 Å². The van der Waals surface area contributed by atoms with E-state index in [0.717, 1.165) is 28.0 Å². The Labute approximate surface area is 187 Å². The van der Waals surface area contributed by atoms with E-state index < -0.39 is 0 Å². The summed E-state index contributed by atoms with van der Waals surface area (Å²) in [4.78, 5) is 16.5. The molecule has 0 aliphatic rings. The highest BCUT2D eigenvalue weighted by Crippen LogP contribution is 2.30. The molecule has 158 valence electrons. The molecular weight excluding hydrogens is 398 g/mol. The molecule has 0 aliphatic carbocycles. The van der Waals surface area contributed by atoms with Crippen molar-refractivity contribution in [2.75, 3.05) is 0 Å². The van der Waals surface area contributed by atoms with E-state index in [4.69, 9.17) is 4.74 Å². The number of para-hydroxylation sites is 1. The molecule has 1 amide bonds. The zero-order chi connectivity index (χ0) is 22.2. The van der Waals surface area contributed by atoms with E-state index in [9.17, 15) is 4.79 Å². The topological polar surface area (TPSA) is 63.6 Å². The van der Waals surface area contributed by atoms with Crippen molar-refractivity contribution in [3.05, 3.63) is 120 Å². The van der Waals surface area contributed by atoms with Gasteiger partial charge in [-0.1, -0.05) is 66.7 Å². The molecule has 0 unspecified atom stereocenters. The molecule has 0 aliphatic heterocycles. The second-order valence-electron chi connectivity index (χ2n) is 7.23. The van der Waals surface area contributed by atoms with Gasteiger partial charge in [0.1, 0.15) is 12.4 Å². The predicted octanol–water partition coefficient (Wildman–Crippen LogP) is 5.48. The first-order valence-corrected chi connectivity index (χ1v) is 10.3. The number of benzene rings is 3. The van der Waals surface area contributed by atoms with Crippen LogP contribution in [0.1, 0.15) is 28.4 Å². The van der Waals surface area contributed by atoms with Gasteiger partial charge in [0.2, 0.25) is 0 Å². The Balaban J connectivity index is 1.38. The molecule has 5 nitrogen and oxygen atoms in total. The van der Waals surface area contributed by atoms with Crippen LogP contribution in [-0.4, -0.2) is 16.6 Å². The monoisotopic (exact) mass is 421 g/mol. The molecular formula is C27H23N3O2. The molecule has 1 N–H and O–H groups in total. The lowest BCUT2D eigenvalue weighted by Crippen LogP contribution is -2.19. The molecule has 1 aromatic heterocycles. The van der Waals surface area contributed by atoms with Gasteiger partial charge in [0, 0.05) is 29.1 Å². The molecule has 4 rings (SSSR count). The molecule has 4 aromatic rings. The summed E-state index contributed by atoms with van der Waals surface area (Å²) in [5, 5.41) is 4.16. The Morgan fingerprint density at radius 2 is 1.62 bits per heavy atom. The van der Waals surface area contributed by atoms with Gasteiger partial charge < -0.3 is 4.74 Å².